The number of benzene rings is 1. The molecule has 0 radical (unpaired) electrons. The highest BCUT2D eigenvalue weighted by Crippen LogP contribution is 2.20. The minimum Gasteiger partial charge on any atom is -0.319 e. The number of nitrogens with one attached hydrogen (secondary N) is 1. The van der Waals surface area contributed by atoms with E-state index in [1.54, 1.807) is 0 Å². The Kier molecular flexibility index (Phi) is 5.87. The Morgan fingerprint density at radius 2 is 1.95 bits per heavy atom. The van der Waals surface area contributed by atoms with Crippen molar-refractivity contribution in [1.29, 1.82) is 0 Å². The van der Waals surface area contributed by atoms with Gasteiger partial charge < -0.3 is 5.32 Å². The molecular formula is C17H28N2. The zero-order valence-electron chi connectivity index (χ0n) is 12.5. The van der Waals surface area contributed by atoms with Crippen molar-refractivity contribution in [2.24, 2.45) is 0 Å². The first-order valence-electron chi connectivity index (χ1n) is 7.76. The molecular weight excluding hydrogens is 232 g/mol. The van der Waals surface area contributed by atoms with E-state index in [9.17, 15) is 0 Å². The third-order valence-corrected chi connectivity index (χ3v) is 4.33. The molecule has 1 saturated heterocycles. The molecule has 0 aliphatic carbocycles. The molecule has 1 aliphatic rings. The molecule has 2 heteroatoms. The fourth-order valence-corrected chi connectivity index (χ4v) is 3.00. The van der Waals surface area contributed by atoms with Gasteiger partial charge in [0.05, 0.1) is 0 Å². The smallest absolute Gasteiger partial charge is 0.0239 e. The molecule has 0 aromatic heterocycles. The maximum atomic E-state index is 3.25. The van der Waals surface area contributed by atoms with E-state index in [1.165, 1.54) is 43.4 Å². The minimum absolute atomic E-state index is 0.736. The highest BCUT2D eigenvalue weighted by atomic mass is 15.1. The Labute approximate surface area is 118 Å². The van der Waals surface area contributed by atoms with Crippen LogP contribution in [-0.4, -0.2) is 31.1 Å². The number of likely N-dealkylation sites (tertiary alicyclic amines) is 1. The highest BCUT2D eigenvalue weighted by Gasteiger charge is 2.17. The molecule has 0 bridgehead atoms. The molecule has 1 unspecified atom stereocenters. The van der Waals surface area contributed by atoms with E-state index in [2.05, 4.69) is 41.4 Å². The van der Waals surface area contributed by atoms with Crippen LogP contribution < -0.4 is 5.32 Å². The Balaban J connectivity index is 2.04. The first-order chi connectivity index (χ1) is 9.31. The summed E-state index contributed by atoms with van der Waals surface area (Å²) in [6.07, 6.45) is 6.66. The maximum absolute atomic E-state index is 3.25. The van der Waals surface area contributed by atoms with Gasteiger partial charge in [-0.1, -0.05) is 37.1 Å². The van der Waals surface area contributed by atoms with Gasteiger partial charge in [0.25, 0.3) is 0 Å². The molecule has 1 aromatic carbocycles. The molecule has 0 saturated carbocycles. The van der Waals surface area contributed by atoms with Gasteiger partial charge in [-0.25, -0.2) is 0 Å². The summed E-state index contributed by atoms with van der Waals surface area (Å²) in [4.78, 5) is 2.67. The molecule has 106 valence electrons. The van der Waals surface area contributed by atoms with Gasteiger partial charge in [0, 0.05) is 12.6 Å². The average Bonchev–Trinajstić information content (AvgIpc) is 2.63. The summed E-state index contributed by atoms with van der Waals surface area (Å²) in [6, 6.07) is 9.68. The Bertz CT molecular complexity index is 375. The molecule has 1 aliphatic heterocycles. The van der Waals surface area contributed by atoms with E-state index in [1.807, 2.05) is 7.05 Å². The van der Waals surface area contributed by atoms with Crippen LogP contribution in [0.3, 0.4) is 0 Å². The van der Waals surface area contributed by atoms with Crippen molar-refractivity contribution in [3.63, 3.8) is 0 Å². The standard InChI is InChI=1S/C17H28N2/c1-15-8-4-3-7-13-19(15)14-17-10-6-5-9-16(17)11-12-18-2/h5-6,9-10,15,18H,3-4,7-8,11-14H2,1-2H3. The zero-order valence-corrected chi connectivity index (χ0v) is 12.5. The van der Waals surface area contributed by atoms with Crippen molar-refractivity contribution < 1.29 is 0 Å². The Morgan fingerprint density at radius 1 is 1.16 bits per heavy atom. The molecule has 19 heavy (non-hydrogen) atoms. The summed E-state index contributed by atoms with van der Waals surface area (Å²) in [5, 5.41) is 3.25. The Morgan fingerprint density at radius 3 is 2.74 bits per heavy atom. The van der Waals surface area contributed by atoms with Gasteiger partial charge in [-0.2, -0.15) is 0 Å². The molecule has 1 atom stereocenters. The lowest BCUT2D eigenvalue weighted by Crippen LogP contribution is -2.32. The highest BCUT2D eigenvalue weighted by molar-refractivity contribution is 5.27. The summed E-state index contributed by atoms with van der Waals surface area (Å²) >= 11 is 0. The van der Waals surface area contributed by atoms with Crippen LogP contribution in [0.5, 0.6) is 0 Å². The van der Waals surface area contributed by atoms with E-state index in [0.717, 1.165) is 25.6 Å². The molecule has 2 rings (SSSR count). The van der Waals surface area contributed by atoms with Crippen LogP contribution in [0.4, 0.5) is 0 Å². The predicted molar refractivity (Wildman–Crippen MR) is 82.4 cm³/mol. The van der Waals surface area contributed by atoms with E-state index < -0.39 is 0 Å². The quantitative estimate of drug-likeness (QED) is 0.874. The van der Waals surface area contributed by atoms with Crippen LogP contribution in [0.1, 0.15) is 43.7 Å². The predicted octanol–water partition coefficient (Wildman–Crippen LogP) is 3.21. The van der Waals surface area contributed by atoms with Crippen molar-refractivity contribution >= 4 is 0 Å². The first-order valence-corrected chi connectivity index (χ1v) is 7.76. The van der Waals surface area contributed by atoms with Crippen LogP contribution in [0.2, 0.25) is 0 Å². The summed E-state index contributed by atoms with van der Waals surface area (Å²) in [7, 11) is 2.03. The third-order valence-electron chi connectivity index (χ3n) is 4.33. The maximum Gasteiger partial charge on any atom is 0.0239 e. The van der Waals surface area contributed by atoms with Gasteiger partial charge in [0.1, 0.15) is 0 Å². The number of hydrogen-bond acceptors (Lipinski definition) is 2. The largest absolute Gasteiger partial charge is 0.319 e. The lowest BCUT2D eigenvalue weighted by atomic mass is 10.0. The van der Waals surface area contributed by atoms with Crippen LogP contribution >= 0.6 is 0 Å². The molecule has 2 nitrogen and oxygen atoms in total. The van der Waals surface area contributed by atoms with Gasteiger partial charge in [0.2, 0.25) is 0 Å². The lowest BCUT2D eigenvalue weighted by molar-refractivity contribution is 0.204. The molecule has 1 fully saturated rings. The average molecular weight is 260 g/mol. The van der Waals surface area contributed by atoms with Crippen molar-refractivity contribution in [2.45, 2.75) is 51.6 Å². The Hall–Kier alpha value is -0.860. The van der Waals surface area contributed by atoms with Crippen molar-refractivity contribution in [1.82, 2.24) is 10.2 Å². The molecule has 1 aromatic rings. The second-order valence-corrected chi connectivity index (χ2v) is 5.79. The molecule has 1 N–H and O–H groups in total. The molecule has 0 amide bonds. The number of nitrogens with zero attached hydrogens (tertiary/aromatic N) is 1. The van der Waals surface area contributed by atoms with Crippen molar-refractivity contribution in [3.05, 3.63) is 35.4 Å². The second-order valence-electron chi connectivity index (χ2n) is 5.79. The van der Waals surface area contributed by atoms with Gasteiger partial charge in [0.15, 0.2) is 0 Å². The normalized spacial score (nSPS) is 21.3. The van der Waals surface area contributed by atoms with Crippen molar-refractivity contribution in [3.8, 4) is 0 Å². The van der Waals surface area contributed by atoms with Crippen LogP contribution in [0, 0.1) is 0 Å². The lowest BCUT2D eigenvalue weighted by Gasteiger charge is -2.27. The van der Waals surface area contributed by atoms with Crippen molar-refractivity contribution in [2.75, 3.05) is 20.1 Å². The third kappa shape index (κ3) is 4.32. The topological polar surface area (TPSA) is 15.3 Å². The summed E-state index contributed by atoms with van der Waals surface area (Å²) < 4.78 is 0. The fraction of sp³-hybridized carbons (Fsp3) is 0.647. The minimum atomic E-state index is 0.736. The number of likely N-dealkylation sites (N-methyl/N-ethyl adjacent to an activating group) is 1. The van der Waals surface area contributed by atoms with Crippen LogP contribution in [0.15, 0.2) is 24.3 Å². The van der Waals surface area contributed by atoms with Gasteiger partial charge >= 0.3 is 0 Å². The molecule has 0 spiro atoms. The number of rotatable bonds is 5. The SMILES string of the molecule is CNCCc1ccccc1CN1CCCCCC1C. The molecule has 1 heterocycles. The van der Waals surface area contributed by atoms with E-state index in [4.69, 9.17) is 0 Å². The van der Waals surface area contributed by atoms with E-state index >= 15 is 0 Å². The van der Waals surface area contributed by atoms with Crippen LogP contribution in [-0.2, 0) is 13.0 Å². The van der Waals surface area contributed by atoms with Gasteiger partial charge in [-0.15, -0.1) is 0 Å². The monoisotopic (exact) mass is 260 g/mol. The number of hydrogen-bond donors (Lipinski definition) is 1. The van der Waals surface area contributed by atoms with Gasteiger partial charge in [-0.05, 0) is 57.5 Å². The summed E-state index contributed by atoms with van der Waals surface area (Å²) in [5.74, 6) is 0. The van der Waals surface area contributed by atoms with Gasteiger partial charge in [-0.3, -0.25) is 4.90 Å². The van der Waals surface area contributed by atoms with E-state index in [0.29, 0.717) is 0 Å². The summed E-state index contributed by atoms with van der Waals surface area (Å²) in [5.41, 5.74) is 3.03. The first kappa shape index (κ1) is 14.5. The van der Waals surface area contributed by atoms with E-state index in [-0.39, 0.29) is 0 Å². The summed E-state index contributed by atoms with van der Waals surface area (Å²) in [6.45, 7) is 5.84. The second kappa shape index (κ2) is 7.66. The zero-order chi connectivity index (χ0) is 13.5. The van der Waals surface area contributed by atoms with Crippen LogP contribution in [0.25, 0.3) is 0 Å². The fourth-order valence-electron chi connectivity index (χ4n) is 3.00.